The first-order valence-electron chi connectivity index (χ1n) is 5.20. The predicted octanol–water partition coefficient (Wildman–Crippen LogP) is 1.21. The van der Waals surface area contributed by atoms with Crippen molar-refractivity contribution in [2.75, 3.05) is 12.9 Å². The Kier molecular flexibility index (Phi) is 6.38. The molecule has 0 heterocycles. The largest absolute Gasteiger partial charge is 0.616 e. The second-order valence-electron chi connectivity index (χ2n) is 3.69. The van der Waals surface area contributed by atoms with Crippen LogP contribution >= 0.6 is 18.2 Å². The summed E-state index contributed by atoms with van der Waals surface area (Å²) < 4.78 is 27.5. The fourth-order valence-electron chi connectivity index (χ4n) is 1.38. The highest BCUT2D eigenvalue weighted by atomic mass is 32.7. The van der Waals surface area contributed by atoms with Crippen LogP contribution in [0.25, 0.3) is 0 Å². The first kappa shape index (κ1) is 17.4. The molecule has 0 aliphatic heterocycles. The summed E-state index contributed by atoms with van der Waals surface area (Å²) in [6, 6.07) is 4.50. The molecule has 1 unspecified atom stereocenters. The highest BCUT2D eigenvalue weighted by molar-refractivity contribution is 8.54. The average molecular weight is 340 g/mol. The van der Waals surface area contributed by atoms with Crippen LogP contribution in [-0.2, 0) is 26.3 Å². The van der Waals surface area contributed by atoms with E-state index in [9.17, 15) is 13.9 Å². The quantitative estimate of drug-likeness (QED) is 0.499. The van der Waals surface area contributed by atoms with E-state index in [1.165, 1.54) is 19.2 Å². The molecule has 0 saturated heterocycles. The van der Waals surface area contributed by atoms with Crippen molar-refractivity contribution in [3.63, 3.8) is 0 Å². The summed E-state index contributed by atoms with van der Waals surface area (Å²) in [7, 11) is 1.36. The first-order valence-corrected chi connectivity index (χ1v) is 9.72. The second-order valence-corrected chi connectivity index (χ2v) is 8.72. The van der Waals surface area contributed by atoms with Crippen molar-refractivity contribution in [2.45, 2.75) is 10.6 Å². The summed E-state index contributed by atoms with van der Waals surface area (Å²) in [4.78, 5) is 28.6. The number of aliphatic carboxylic acids is 1. The number of hydrogen-bond acceptors (Lipinski definition) is 5. The SMILES string of the molecule is COc1ccc(C[S+]([O-])CC(=O)O)cc1SP(=O)(O)O. The number of ether oxygens (including phenoxy) is 1. The Labute approximate surface area is 122 Å². The van der Waals surface area contributed by atoms with E-state index in [2.05, 4.69) is 0 Å². The highest BCUT2D eigenvalue weighted by Gasteiger charge is 2.20. The molecule has 20 heavy (non-hydrogen) atoms. The van der Waals surface area contributed by atoms with E-state index in [0.29, 0.717) is 16.9 Å². The molecule has 0 bridgehead atoms. The van der Waals surface area contributed by atoms with Crippen LogP contribution in [0.1, 0.15) is 5.56 Å². The van der Waals surface area contributed by atoms with Crippen LogP contribution in [-0.4, -0.2) is 38.3 Å². The van der Waals surface area contributed by atoms with Crippen molar-refractivity contribution in [3.05, 3.63) is 23.8 Å². The van der Waals surface area contributed by atoms with Gasteiger partial charge in [-0.25, -0.2) is 9.36 Å². The number of carbonyl (C=O) groups is 1. The zero-order chi connectivity index (χ0) is 15.3. The van der Waals surface area contributed by atoms with E-state index in [-0.39, 0.29) is 16.4 Å². The van der Waals surface area contributed by atoms with E-state index in [4.69, 9.17) is 19.6 Å². The smallest absolute Gasteiger partial charge is 0.388 e. The molecule has 1 aromatic rings. The van der Waals surface area contributed by atoms with Crippen LogP contribution in [0.5, 0.6) is 5.75 Å². The van der Waals surface area contributed by atoms with Gasteiger partial charge >= 0.3 is 12.8 Å². The summed E-state index contributed by atoms with van der Waals surface area (Å²) in [6.07, 6.45) is 0. The molecule has 0 radical (unpaired) electrons. The third-order valence-corrected chi connectivity index (χ3v) is 5.34. The Bertz CT molecular complexity index is 530. The minimum atomic E-state index is -4.34. The molecular weight excluding hydrogens is 327 g/mol. The van der Waals surface area contributed by atoms with Gasteiger partial charge in [0, 0.05) is 5.56 Å². The minimum Gasteiger partial charge on any atom is -0.616 e. The molecule has 0 fully saturated rings. The zero-order valence-electron chi connectivity index (χ0n) is 10.4. The maximum atomic E-state index is 11.5. The lowest BCUT2D eigenvalue weighted by Gasteiger charge is -2.12. The van der Waals surface area contributed by atoms with Crippen LogP contribution in [0.2, 0.25) is 0 Å². The van der Waals surface area contributed by atoms with Crippen LogP contribution in [0, 0.1) is 0 Å². The van der Waals surface area contributed by atoms with Crippen LogP contribution in [0.3, 0.4) is 0 Å². The first-order chi connectivity index (χ1) is 9.21. The standard InChI is InChI=1S/C10H13O7PS2/c1-17-8-3-2-7(5-20(16)6-10(11)12)4-9(8)19-18(13,14)15/h2-4H,5-6H2,1H3,(H,11,12)(H2,13,14,15). The zero-order valence-corrected chi connectivity index (χ0v) is 12.9. The summed E-state index contributed by atoms with van der Waals surface area (Å²) in [5.41, 5.74) is 0.515. The van der Waals surface area contributed by atoms with Crippen LogP contribution < -0.4 is 4.74 Å². The number of rotatable bonds is 7. The second kappa shape index (κ2) is 7.35. The molecule has 0 aliphatic rings. The minimum absolute atomic E-state index is 0.00892. The van der Waals surface area contributed by atoms with E-state index < -0.39 is 29.7 Å². The number of methoxy groups -OCH3 is 1. The lowest BCUT2D eigenvalue weighted by Crippen LogP contribution is -2.17. The maximum Gasteiger partial charge on any atom is 0.388 e. The lowest BCUT2D eigenvalue weighted by molar-refractivity contribution is -0.134. The van der Waals surface area contributed by atoms with Gasteiger partial charge in [0.05, 0.1) is 12.0 Å². The Morgan fingerprint density at radius 3 is 2.65 bits per heavy atom. The average Bonchev–Trinajstić information content (AvgIpc) is 2.25. The predicted molar refractivity (Wildman–Crippen MR) is 75.2 cm³/mol. The third kappa shape index (κ3) is 6.17. The molecule has 112 valence electrons. The number of carboxylic acids is 1. The monoisotopic (exact) mass is 340 g/mol. The van der Waals surface area contributed by atoms with E-state index in [1.807, 2.05) is 0 Å². The lowest BCUT2D eigenvalue weighted by atomic mass is 10.2. The molecule has 3 N–H and O–H groups in total. The van der Waals surface area contributed by atoms with Crippen molar-refractivity contribution in [1.29, 1.82) is 0 Å². The van der Waals surface area contributed by atoms with Crippen LogP contribution in [0.4, 0.5) is 0 Å². The van der Waals surface area contributed by atoms with Gasteiger partial charge in [-0.05, 0) is 34.7 Å². The van der Waals surface area contributed by atoms with Gasteiger partial charge in [-0.3, -0.25) is 0 Å². The summed E-state index contributed by atoms with van der Waals surface area (Å²) in [6.45, 7) is -4.34. The van der Waals surface area contributed by atoms with E-state index in [1.54, 1.807) is 6.07 Å². The van der Waals surface area contributed by atoms with Crippen molar-refractivity contribution in [3.8, 4) is 5.75 Å². The highest BCUT2D eigenvalue weighted by Crippen LogP contribution is 2.56. The van der Waals surface area contributed by atoms with Crippen molar-refractivity contribution in [2.24, 2.45) is 0 Å². The van der Waals surface area contributed by atoms with Gasteiger partial charge in [-0.1, -0.05) is 6.07 Å². The summed E-state index contributed by atoms with van der Waals surface area (Å²) in [5, 5.41) is 8.53. The number of carboxylic acid groups (broad SMARTS) is 1. The Hall–Kier alpha value is -0.700. The number of hydrogen-bond donors (Lipinski definition) is 3. The van der Waals surface area contributed by atoms with E-state index >= 15 is 0 Å². The molecular formula is C10H13O7PS2. The van der Waals surface area contributed by atoms with Crippen molar-refractivity contribution >= 4 is 35.3 Å². The molecule has 7 nitrogen and oxygen atoms in total. The third-order valence-electron chi connectivity index (χ3n) is 2.06. The molecule has 1 aromatic carbocycles. The van der Waals surface area contributed by atoms with Gasteiger partial charge in [0.2, 0.25) is 5.75 Å². The van der Waals surface area contributed by atoms with Crippen LogP contribution in [0.15, 0.2) is 23.1 Å². The molecule has 0 amide bonds. The fraction of sp³-hybridized carbons (Fsp3) is 0.300. The van der Waals surface area contributed by atoms with E-state index in [0.717, 1.165) is 0 Å². The molecule has 0 saturated carbocycles. The molecule has 0 aliphatic carbocycles. The topological polar surface area (TPSA) is 127 Å². The van der Waals surface area contributed by atoms with Crippen molar-refractivity contribution < 1.29 is 33.5 Å². The van der Waals surface area contributed by atoms with Gasteiger partial charge in [0.1, 0.15) is 11.5 Å². The fourth-order valence-corrected chi connectivity index (χ4v) is 4.21. The van der Waals surface area contributed by atoms with Gasteiger partial charge in [0.15, 0.2) is 0 Å². The molecule has 10 heteroatoms. The number of benzene rings is 1. The summed E-state index contributed by atoms with van der Waals surface area (Å²) in [5.74, 6) is -1.37. The summed E-state index contributed by atoms with van der Waals surface area (Å²) >= 11 is -1.25. The van der Waals surface area contributed by atoms with Gasteiger partial charge in [0.25, 0.3) is 0 Å². The normalized spacial score (nSPS) is 13.0. The maximum absolute atomic E-state index is 11.5. The Morgan fingerprint density at radius 2 is 2.15 bits per heavy atom. The Morgan fingerprint density at radius 1 is 1.50 bits per heavy atom. The molecule has 0 aromatic heterocycles. The van der Waals surface area contributed by atoms with Gasteiger partial charge < -0.3 is 24.2 Å². The van der Waals surface area contributed by atoms with Crippen molar-refractivity contribution in [1.82, 2.24) is 0 Å². The van der Waals surface area contributed by atoms with Gasteiger partial charge in [-0.15, -0.1) is 0 Å². The molecule has 1 atom stereocenters. The molecule has 1 rings (SSSR count). The Balaban J connectivity index is 2.92. The molecule has 0 spiro atoms. The van der Waals surface area contributed by atoms with Gasteiger partial charge in [-0.2, -0.15) is 0 Å².